The number of carboxylic acid groups (broad SMARTS) is 1. The summed E-state index contributed by atoms with van der Waals surface area (Å²) in [6.07, 6.45) is -0.841. The second-order valence-electron chi connectivity index (χ2n) is 4.67. The predicted octanol–water partition coefficient (Wildman–Crippen LogP) is 0.918. The van der Waals surface area contributed by atoms with Crippen LogP contribution in [0.5, 0.6) is 0 Å². The van der Waals surface area contributed by atoms with Gasteiger partial charge in [-0.25, -0.2) is 9.59 Å². The lowest BCUT2D eigenvalue weighted by Crippen LogP contribution is -2.44. The molecule has 0 fully saturated rings. The first kappa shape index (κ1) is 16.2. The van der Waals surface area contributed by atoms with Crippen LogP contribution in [0.25, 0.3) is 0 Å². The molecule has 0 saturated heterocycles. The maximum Gasteiger partial charge on any atom is 0.408 e. The van der Waals surface area contributed by atoms with Crippen molar-refractivity contribution in [3.63, 3.8) is 0 Å². The Hall–Kier alpha value is -1.79. The minimum atomic E-state index is -1.21. The highest BCUT2D eigenvalue weighted by atomic mass is 16.6. The van der Waals surface area contributed by atoms with E-state index >= 15 is 0 Å². The van der Waals surface area contributed by atoms with Gasteiger partial charge in [-0.2, -0.15) is 0 Å². The van der Waals surface area contributed by atoms with E-state index in [4.69, 9.17) is 9.84 Å². The van der Waals surface area contributed by atoms with Gasteiger partial charge in [0.25, 0.3) is 0 Å². The van der Waals surface area contributed by atoms with Gasteiger partial charge in [-0.1, -0.05) is 0 Å². The largest absolute Gasteiger partial charge is 0.480 e. The van der Waals surface area contributed by atoms with Crippen LogP contribution < -0.4 is 5.32 Å². The third-order valence-electron chi connectivity index (χ3n) is 1.70. The Kier molecular flexibility index (Phi) is 6.15. The molecule has 0 radical (unpaired) electrons. The van der Waals surface area contributed by atoms with Gasteiger partial charge < -0.3 is 19.9 Å². The van der Waals surface area contributed by atoms with Crippen molar-refractivity contribution in [2.75, 3.05) is 6.61 Å². The molecular weight excluding hydrogens is 242 g/mol. The van der Waals surface area contributed by atoms with Gasteiger partial charge in [0.2, 0.25) is 0 Å². The molecule has 0 spiro atoms. The zero-order chi connectivity index (χ0) is 14.3. The van der Waals surface area contributed by atoms with Crippen molar-refractivity contribution < 1.29 is 29.0 Å². The molecule has 18 heavy (non-hydrogen) atoms. The highest BCUT2D eigenvalue weighted by Crippen LogP contribution is 2.07. The molecule has 0 aliphatic carbocycles. The molecule has 2 N–H and O–H groups in total. The van der Waals surface area contributed by atoms with Crippen molar-refractivity contribution in [3.05, 3.63) is 0 Å². The molecule has 7 heteroatoms. The van der Waals surface area contributed by atoms with Crippen LogP contribution in [0.3, 0.4) is 0 Å². The molecular formula is C11H19NO6. The monoisotopic (exact) mass is 261 g/mol. The summed E-state index contributed by atoms with van der Waals surface area (Å²) in [5.41, 5.74) is -0.705. The number of carbonyl (C=O) groups excluding carboxylic acids is 2. The smallest absolute Gasteiger partial charge is 0.408 e. The summed E-state index contributed by atoms with van der Waals surface area (Å²) in [7, 11) is 0. The third kappa shape index (κ3) is 8.37. The Labute approximate surface area is 105 Å². The van der Waals surface area contributed by atoms with Crippen LogP contribution in [0.2, 0.25) is 0 Å². The molecule has 0 saturated carbocycles. The molecule has 0 aliphatic heterocycles. The average Bonchev–Trinajstić information content (AvgIpc) is 2.12. The van der Waals surface area contributed by atoms with Crippen LogP contribution in [-0.4, -0.2) is 41.4 Å². The normalized spacial score (nSPS) is 12.4. The number of hydrogen-bond acceptors (Lipinski definition) is 5. The van der Waals surface area contributed by atoms with E-state index in [-0.39, 0.29) is 13.0 Å². The van der Waals surface area contributed by atoms with Crippen molar-refractivity contribution in [1.82, 2.24) is 5.32 Å². The van der Waals surface area contributed by atoms with Gasteiger partial charge in [0.1, 0.15) is 11.6 Å². The van der Waals surface area contributed by atoms with Gasteiger partial charge in [-0.15, -0.1) is 0 Å². The number of aliphatic carboxylic acids is 1. The first-order chi connectivity index (χ1) is 8.11. The van der Waals surface area contributed by atoms with E-state index in [1.807, 2.05) is 0 Å². The molecule has 0 aromatic rings. The molecule has 1 amide bonds. The zero-order valence-corrected chi connectivity index (χ0v) is 11.0. The van der Waals surface area contributed by atoms with Crippen LogP contribution in [0, 0.1) is 0 Å². The number of esters is 1. The van der Waals surface area contributed by atoms with Crippen LogP contribution in [0.15, 0.2) is 0 Å². The van der Waals surface area contributed by atoms with Gasteiger partial charge in [-0.05, 0) is 20.8 Å². The number of rotatable bonds is 5. The van der Waals surface area contributed by atoms with Crippen molar-refractivity contribution >= 4 is 18.0 Å². The number of ether oxygens (including phenoxy) is 2. The number of amides is 1. The fraction of sp³-hybridized carbons (Fsp3) is 0.727. The topological polar surface area (TPSA) is 102 Å². The maximum atomic E-state index is 11.4. The van der Waals surface area contributed by atoms with Gasteiger partial charge in [0, 0.05) is 13.3 Å². The minimum absolute atomic E-state index is 0.0197. The predicted molar refractivity (Wildman–Crippen MR) is 62.0 cm³/mol. The summed E-state index contributed by atoms with van der Waals surface area (Å²) in [5.74, 6) is -1.72. The summed E-state index contributed by atoms with van der Waals surface area (Å²) in [5, 5.41) is 11.1. The number of hydrogen-bond donors (Lipinski definition) is 2. The molecule has 0 unspecified atom stereocenters. The Bertz CT molecular complexity index is 320. The number of carboxylic acids is 1. The second-order valence-corrected chi connectivity index (χ2v) is 4.67. The van der Waals surface area contributed by atoms with E-state index < -0.39 is 29.7 Å². The van der Waals surface area contributed by atoms with Crippen LogP contribution in [0.1, 0.15) is 34.1 Å². The number of carbonyl (C=O) groups is 3. The quantitative estimate of drug-likeness (QED) is 0.713. The van der Waals surface area contributed by atoms with Crippen LogP contribution >= 0.6 is 0 Å². The van der Waals surface area contributed by atoms with Gasteiger partial charge >= 0.3 is 18.0 Å². The Morgan fingerprint density at radius 2 is 1.83 bits per heavy atom. The highest BCUT2D eigenvalue weighted by molar-refractivity contribution is 5.80. The molecule has 7 nitrogen and oxygen atoms in total. The molecule has 0 heterocycles. The number of alkyl carbamates (subject to hydrolysis) is 1. The minimum Gasteiger partial charge on any atom is -0.480 e. The van der Waals surface area contributed by atoms with Crippen molar-refractivity contribution in [1.29, 1.82) is 0 Å². The standard InChI is InChI=1S/C11H19NO6/c1-7(13)17-6-5-8(9(14)15)12-10(16)18-11(2,3)4/h8H,5-6H2,1-4H3,(H,12,16)(H,14,15)/t8-/m0/s1. The number of nitrogens with one attached hydrogen (secondary N) is 1. The van der Waals surface area contributed by atoms with Gasteiger partial charge in [0.15, 0.2) is 0 Å². The van der Waals surface area contributed by atoms with E-state index in [2.05, 4.69) is 10.1 Å². The van der Waals surface area contributed by atoms with E-state index in [0.29, 0.717) is 0 Å². The highest BCUT2D eigenvalue weighted by Gasteiger charge is 2.23. The maximum absolute atomic E-state index is 11.4. The second kappa shape index (κ2) is 6.83. The van der Waals surface area contributed by atoms with E-state index in [9.17, 15) is 14.4 Å². The summed E-state index contributed by atoms with van der Waals surface area (Å²) in [6.45, 7) is 6.14. The molecule has 0 aliphatic rings. The van der Waals surface area contributed by atoms with Gasteiger partial charge in [0.05, 0.1) is 6.61 Å². The molecule has 1 atom stereocenters. The SMILES string of the molecule is CC(=O)OCC[C@H](NC(=O)OC(C)(C)C)C(=O)O. The lowest BCUT2D eigenvalue weighted by Gasteiger charge is -2.21. The lowest BCUT2D eigenvalue weighted by molar-refractivity contribution is -0.144. The fourth-order valence-electron chi connectivity index (χ4n) is 1.03. The summed E-state index contributed by atoms with van der Waals surface area (Å²) < 4.78 is 9.54. The first-order valence-corrected chi connectivity index (χ1v) is 5.47. The van der Waals surface area contributed by atoms with E-state index in [0.717, 1.165) is 0 Å². The Morgan fingerprint density at radius 3 is 2.22 bits per heavy atom. The third-order valence-corrected chi connectivity index (χ3v) is 1.70. The van der Waals surface area contributed by atoms with Crippen molar-refractivity contribution in [3.8, 4) is 0 Å². The zero-order valence-electron chi connectivity index (χ0n) is 11.0. The Balaban J connectivity index is 4.23. The average molecular weight is 261 g/mol. The van der Waals surface area contributed by atoms with E-state index in [1.54, 1.807) is 20.8 Å². The summed E-state index contributed by atoms with van der Waals surface area (Å²) in [4.78, 5) is 32.8. The fourth-order valence-corrected chi connectivity index (χ4v) is 1.03. The molecule has 0 bridgehead atoms. The Morgan fingerprint density at radius 1 is 1.28 bits per heavy atom. The summed E-state index contributed by atoms with van der Waals surface area (Å²) in [6, 6.07) is -1.15. The van der Waals surface area contributed by atoms with Crippen molar-refractivity contribution in [2.24, 2.45) is 0 Å². The molecule has 0 aromatic heterocycles. The first-order valence-electron chi connectivity index (χ1n) is 5.47. The lowest BCUT2D eigenvalue weighted by atomic mass is 10.2. The summed E-state index contributed by atoms with van der Waals surface area (Å²) >= 11 is 0. The molecule has 0 rings (SSSR count). The molecule has 104 valence electrons. The van der Waals surface area contributed by atoms with E-state index in [1.165, 1.54) is 6.92 Å². The van der Waals surface area contributed by atoms with Gasteiger partial charge in [-0.3, -0.25) is 4.79 Å². The molecule has 0 aromatic carbocycles. The van der Waals surface area contributed by atoms with Crippen LogP contribution in [0.4, 0.5) is 4.79 Å². The van der Waals surface area contributed by atoms with Crippen molar-refractivity contribution in [2.45, 2.75) is 45.8 Å². The van der Waals surface area contributed by atoms with Crippen LogP contribution in [-0.2, 0) is 19.1 Å².